The van der Waals surface area contributed by atoms with Gasteiger partial charge in [0, 0.05) is 19.8 Å². The lowest BCUT2D eigenvalue weighted by Crippen LogP contribution is -2.32. The minimum absolute atomic E-state index is 0.124. The fourth-order valence-electron chi connectivity index (χ4n) is 1.64. The minimum atomic E-state index is -0.333. The standard InChI is InChI=1S/C15H11Cl2IN2O2/c16-10-2-4-11(5-3-10)20-14(21)8-19-15(22)9-1-6-12(17)13(18)7-9/h1-7H,8H2,(H,19,22)(H,20,21). The molecule has 0 spiro atoms. The highest BCUT2D eigenvalue weighted by Gasteiger charge is 2.10. The van der Waals surface area contributed by atoms with E-state index in [1.807, 2.05) is 22.6 Å². The number of nitrogens with one attached hydrogen (secondary N) is 2. The van der Waals surface area contributed by atoms with Crippen LogP contribution in [0.5, 0.6) is 0 Å². The number of carbonyl (C=O) groups excluding carboxylic acids is 2. The molecule has 0 saturated heterocycles. The number of hydrogen-bond donors (Lipinski definition) is 2. The Labute approximate surface area is 151 Å². The largest absolute Gasteiger partial charge is 0.343 e. The average Bonchev–Trinajstić information content (AvgIpc) is 2.50. The molecule has 2 N–H and O–H groups in total. The molecule has 0 saturated carbocycles. The Morgan fingerprint density at radius 1 is 1.05 bits per heavy atom. The molecule has 0 fully saturated rings. The van der Waals surface area contributed by atoms with Gasteiger partial charge in [-0.2, -0.15) is 0 Å². The lowest BCUT2D eigenvalue weighted by Gasteiger charge is -2.07. The van der Waals surface area contributed by atoms with Gasteiger partial charge in [0.25, 0.3) is 5.91 Å². The number of rotatable bonds is 4. The van der Waals surface area contributed by atoms with E-state index in [1.165, 1.54) is 0 Å². The summed E-state index contributed by atoms with van der Waals surface area (Å²) in [4.78, 5) is 23.7. The summed E-state index contributed by atoms with van der Waals surface area (Å²) in [7, 11) is 0. The molecule has 2 rings (SSSR count). The second-order valence-corrected chi connectivity index (χ2v) is 6.37. The van der Waals surface area contributed by atoms with Crippen molar-refractivity contribution in [3.8, 4) is 0 Å². The van der Waals surface area contributed by atoms with Crippen LogP contribution in [0.1, 0.15) is 10.4 Å². The summed E-state index contributed by atoms with van der Waals surface area (Å²) in [5.74, 6) is -0.653. The van der Waals surface area contributed by atoms with Crippen LogP contribution >= 0.6 is 45.8 Å². The van der Waals surface area contributed by atoms with E-state index in [-0.39, 0.29) is 18.4 Å². The van der Waals surface area contributed by atoms with Crippen molar-refractivity contribution in [3.63, 3.8) is 0 Å². The monoisotopic (exact) mass is 448 g/mol. The number of benzene rings is 2. The molecule has 0 bridgehead atoms. The second kappa shape index (κ2) is 7.80. The van der Waals surface area contributed by atoms with Crippen LogP contribution in [-0.4, -0.2) is 18.4 Å². The van der Waals surface area contributed by atoms with E-state index < -0.39 is 0 Å². The van der Waals surface area contributed by atoms with Gasteiger partial charge < -0.3 is 10.6 Å². The van der Waals surface area contributed by atoms with Crippen molar-refractivity contribution in [3.05, 3.63) is 61.6 Å². The van der Waals surface area contributed by atoms with Crippen LogP contribution in [0.3, 0.4) is 0 Å². The molecule has 0 unspecified atom stereocenters. The molecule has 22 heavy (non-hydrogen) atoms. The van der Waals surface area contributed by atoms with Crippen LogP contribution in [0, 0.1) is 3.57 Å². The predicted octanol–water partition coefficient (Wildman–Crippen LogP) is 3.97. The molecule has 7 heteroatoms. The molecule has 0 aliphatic heterocycles. The van der Waals surface area contributed by atoms with Gasteiger partial charge in [0.15, 0.2) is 0 Å². The first-order chi connectivity index (χ1) is 10.5. The minimum Gasteiger partial charge on any atom is -0.343 e. The summed E-state index contributed by atoms with van der Waals surface area (Å²) >= 11 is 13.7. The Morgan fingerprint density at radius 2 is 1.73 bits per heavy atom. The van der Waals surface area contributed by atoms with Gasteiger partial charge in [-0.25, -0.2) is 0 Å². The third-order valence-corrected chi connectivity index (χ3v) is 4.51. The summed E-state index contributed by atoms with van der Waals surface area (Å²) in [6.07, 6.45) is 0. The van der Waals surface area contributed by atoms with Crippen LogP contribution in [0.2, 0.25) is 10.0 Å². The van der Waals surface area contributed by atoms with Gasteiger partial charge in [0.2, 0.25) is 5.91 Å². The van der Waals surface area contributed by atoms with Crippen molar-refractivity contribution in [1.29, 1.82) is 0 Å². The van der Waals surface area contributed by atoms with Gasteiger partial charge >= 0.3 is 0 Å². The zero-order chi connectivity index (χ0) is 16.1. The third-order valence-electron chi connectivity index (χ3n) is 2.72. The van der Waals surface area contributed by atoms with E-state index in [1.54, 1.807) is 42.5 Å². The first-order valence-corrected chi connectivity index (χ1v) is 8.08. The van der Waals surface area contributed by atoms with Gasteiger partial charge in [-0.3, -0.25) is 9.59 Å². The molecule has 0 radical (unpaired) electrons. The normalized spacial score (nSPS) is 10.1. The molecular formula is C15H11Cl2IN2O2. The van der Waals surface area contributed by atoms with E-state index >= 15 is 0 Å². The number of amides is 2. The van der Waals surface area contributed by atoms with E-state index in [4.69, 9.17) is 23.2 Å². The molecule has 2 amide bonds. The topological polar surface area (TPSA) is 58.2 Å². The van der Waals surface area contributed by atoms with Crippen LogP contribution in [0.15, 0.2) is 42.5 Å². The molecule has 2 aromatic carbocycles. The Balaban J connectivity index is 1.88. The lowest BCUT2D eigenvalue weighted by molar-refractivity contribution is -0.115. The molecule has 0 atom stereocenters. The van der Waals surface area contributed by atoms with Crippen molar-refractivity contribution < 1.29 is 9.59 Å². The molecule has 0 heterocycles. The van der Waals surface area contributed by atoms with Crippen molar-refractivity contribution in [1.82, 2.24) is 5.32 Å². The summed E-state index contributed by atoms with van der Waals surface area (Å²) < 4.78 is 0.775. The van der Waals surface area contributed by atoms with E-state index in [0.29, 0.717) is 21.3 Å². The zero-order valence-electron chi connectivity index (χ0n) is 11.2. The molecule has 4 nitrogen and oxygen atoms in total. The second-order valence-electron chi connectivity index (χ2n) is 4.37. The van der Waals surface area contributed by atoms with Gasteiger partial charge in [-0.15, -0.1) is 0 Å². The summed E-state index contributed by atoms with van der Waals surface area (Å²) in [5, 5.41) is 6.38. The maximum Gasteiger partial charge on any atom is 0.251 e. The Bertz CT molecular complexity index is 705. The fraction of sp³-hybridized carbons (Fsp3) is 0.0667. The third kappa shape index (κ3) is 4.86. The summed E-state index contributed by atoms with van der Waals surface area (Å²) in [6.45, 7) is -0.124. The van der Waals surface area contributed by atoms with E-state index in [9.17, 15) is 9.59 Å². The van der Waals surface area contributed by atoms with Gasteiger partial charge in [-0.05, 0) is 65.1 Å². The van der Waals surface area contributed by atoms with Gasteiger partial charge in [0.1, 0.15) is 0 Å². The molecular weight excluding hydrogens is 438 g/mol. The zero-order valence-corrected chi connectivity index (χ0v) is 14.9. The average molecular weight is 449 g/mol. The smallest absolute Gasteiger partial charge is 0.251 e. The van der Waals surface area contributed by atoms with E-state index in [0.717, 1.165) is 3.57 Å². The maximum absolute atomic E-state index is 12.0. The fourth-order valence-corrected chi connectivity index (χ4v) is 2.40. The number of carbonyl (C=O) groups is 2. The van der Waals surface area contributed by atoms with Gasteiger partial charge in [-0.1, -0.05) is 23.2 Å². The highest BCUT2D eigenvalue weighted by atomic mass is 127. The molecule has 2 aromatic rings. The highest BCUT2D eigenvalue weighted by molar-refractivity contribution is 14.1. The highest BCUT2D eigenvalue weighted by Crippen LogP contribution is 2.19. The van der Waals surface area contributed by atoms with Crippen LogP contribution in [-0.2, 0) is 4.79 Å². The number of halogens is 3. The maximum atomic E-state index is 12.0. The van der Waals surface area contributed by atoms with Crippen molar-refractivity contribution in [2.75, 3.05) is 11.9 Å². The van der Waals surface area contributed by atoms with Crippen molar-refractivity contribution in [2.45, 2.75) is 0 Å². The quantitative estimate of drug-likeness (QED) is 0.695. The molecule has 114 valence electrons. The molecule has 0 aliphatic rings. The number of hydrogen-bond acceptors (Lipinski definition) is 2. The SMILES string of the molecule is O=C(CNC(=O)c1ccc(Cl)c(I)c1)Nc1ccc(Cl)cc1. The van der Waals surface area contributed by atoms with Crippen molar-refractivity contribution >= 4 is 63.3 Å². The Hall–Kier alpha value is -1.31. The predicted molar refractivity (Wildman–Crippen MR) is 96.6 cm³/mol. The van der Waals surface area contributed by atoms with E-state index in [2.05, 4.69) is 10.6 Å². The van der Waals surface area contributed by atoms with Crippen LogP contribution < -0.4 is 10.6 Å². The van der Waals surface area contributed by atoms with Crippen molar-refractivity contribution in [2.24, 2.45) is 0 Å². The number of anilines is 1. The lowest BCUT2D eigenvalue weighted by atomic mass is 10.2. The Morgan fingerprint density at radius 3 is 2.36 bits per heavy atom. The summed E-state index contributed by atoms with van der Waals surface area (Å²) in [5.41, 5.74) is 1.07. The first kappa shape index (κ1) is 17.1. The summed E-state index contributed by atoms with van der Waals surface area (Å²) in [6, 6.07) is 11.6. The van der Waals surface area contributed by atoms with Gasteiger partial charge in [0.05, 0.1) is 11.6 Å². The van der Waals surface area contributed by atoms with Crippen LogP contribution in [0.25, 0.3) is 0 Å². The van der Waals surface area contributed by atoms with Crippen LogP contribution in [0.4, 0.5) is 5.69 Å². The molecule has 0 aliphatic carbocycles. The first-order valence-electron chi connectivity index (χ1n) is 6.24. The molecule has 0 aromatic heterocycles. The Kier molecular flexibility index (Phi) is 6.05.